The molecule has 1 aromatic rings. The quantitative estimate of drug-likeness (QED) is 0.894. The Balaban J connectivity index is 1.86. The predicted molar refractivity (Wildman–Crippen MR) is 88.0 cm³/mol. The number of halogens is 1. The topological polar surface area (TPSA) is 21.3 Å². The highest BCUT2D eigenvalue weighted by molar-refractivity contribution is 6.30. The molecule has 3 atom stereocenters. The van der Waals surface area contributed by atoms with Gasteiger partial charge in [-0.1, -0.05) is 37.1 Å². The van der Waals surface area contributed by atoms with Crippen molar-refractivity contribution in [2.24, 2.45) is 5.41 Å². The van der Waals surface area contributed by atoms with Gasteiger partial charge in [-0.3, -0.25) is 0 Å². The van der Waals surface area contributed by atoms with Gasteiger partial charge >= 0.3 is 0 Å². The van der Waals surface area contributed by atoms with E-state index in [1.165, 1.54) is 37.7 Å². The van der Waals surface area contributed by atoms with E-state index < -0.39 is 0 Å². The number of piperidine rings is 1. The number of hydrogen-bond acceptors (Lipinski definition) is 2. The molecule has 0 aliphatic carbocycles. The molecule has 0 saturated carbocycles. The van der Waals surface area contributed by atoms with Crippen molar-refractivity contribution in [1.82, 2.24) is 5.32 Å². The molecule has 2 fully saturated rings. The summed E-state index contributed by atoms with van der Waals surface area (Å²) in [4.78, 5) is 0. The first kappa shape index (κ1) is 15.3. The van der Waals surface area contributed by atoms with E-state index in [2.05, 4.69) is 30.4 Å². The van der Waals surface area contributed by atoms with Gasteiger partial charge < -0.3 is 10.1 Å². The van der Waals surface area contributed by atoms with Crippen molar-refractivity contribution in [2.45, 2.75) is 51.0 Å². The molecule has 2 nitrogen and oxygen atoms in total. The van der Waals surface area contributed by atoms with Gasteiger partial charge in [-0.05, 0) is 55.3 Å². The van der Waals surface area contributed by atoms with E-state index in [0.717, 1.165) is 24.7 Å². The van der Waals surface area contributed by atoms with Crippen LogP contribution in [-0.4, -0.2) is 25.8 Å². The molecular formula is C18H26ClNO. The molecule has 2 aliphatic heterocycles. The maximum absolute atomic E-state index is 6.22. The molecule has 3 unspecified atom stereocenters. The smallest absolute Gasteiger partial charge is 0.0580 e. The lowest BCUT2D eigenvalue weighted by Gasteiger charge is -2.49. The average Bonchev–Trinajstić information content (AvgIpc) is 2.48. The Hall–Kier alpha value is -0.570. The van der Waals surface area contributed by atoms with Crippen molar-refractivity contribution in [3.63, 3.8) is 0 Å². The van der Waals surface area contributed by atoms with E-state index in [4.69, 9.17) is 16.3 Å². The van der Waals surface area contributed by atoms with Crippen LogP contribution in [0, 0.1) is 5.41 Å². The maximum atomic E-state index is 6.22. The van der Waals surface area contributed by atoms with Crippen LogP contribution >= 0.6 is 11.6 Å². The first-order valence-corrected chi connectivity index (χ1v) is 8.69. The van der Waals surface area contributed by atoms with E-state index in [1.54, 1.807) is 0 Å². The second-order valence-electron chi connectivity index (χ2n) is 6.66. The SMILES string of the molecule is CCCC1CC2(CCNCC2c2cccc(Cl)c2)CCO1. The van der Waals surface area contributed by atoms with Crippen molar-refractivity contribution in [1.29, 1.82) is 0 Å². The zero-order valence-corrected chi connectivity index (χ0v) is 13.7. The summed E-state index contributed by atoms with van der Waals surface area (Å²) >= 11 is 6.22. The van der Waals surface area contributed by atoms with Crippen LogP contribution in [0.2, 0.25) is 5.02 Å². The van der Waals surface area contributed by atoms with Gasteiger partial charge in [-0.2, -0.15) is 0 Å². The molecule has 1 spiro atoms. The van der Waals surface area contributed by atoms with Gasteiger partial charge in [0.25, 0.3) is 0 Å². The number of nitrogens with one attached hydrogen (secondary N) is 1. The number of rotatable bonds is 3. The summed E-state index contributed by atoms with van der Waals surface area (Å²) in [6.45, 7) is 5.37. The largest absolute Gasteiger partial charge is 0.378 e. The third kappa shape index (κ3) is 3.28. The predicted octanol–water partition coefficient (Wildman–Crippen LogP) is 4.38. The van der Waals surface area contributed by atoms with Crippen LogP contribution in [0.3, 0.4) is 0 Å². The lowest BCUT2D eigenvalue weighted by molar-refractivity contribution is -0.0711. The molecule has 2 heterocycles. The van der Waals surface area contributed by atoms with E-state index in [9.17, 15) is 0 Å². The molecule has 2 aliphatic rings. The van der Waals surface area contributed by atoms with Crippen LogP contribution in [0.5, 0.6) is 0 Å². The molecule has 3 rings (SSSR count). The normalized spacial score (nSPS) is 33.2. The van der Waals surface area contributed by atoms with Gasteiger partial charge in [-0.25, -0.2) is 0 Å². The molecule has 1 aromatic carbocycles. The van der Waals surface area contributed by atoms with Gasteiger partial charge in [0.1, 0.15) is 0 Å². The summed E-state index contributed by atoms with van der Waals surface area (Å²) in [6.07, 6.45) is 6.50. The fourth-order valence-corrected chi connectivity index (χ4v) is 4.46. The Morgan fingerprint density at radius 1 is 1.38 bits per heavy atom. The molecule has 116 valence electrons. The van der Waals surface area contributed by atoms with E-state index >= 15 is 0 Å². The van der Waals surface area contributed by atoms with Gasteiger partial charge in [0, 0.05) is 24.1 Å². The van der Waals surface area contributed by atoms with Gasteiger partial charge in [0.05, 0.1) is 6.10 Å². The molecule has 1 N–H and O–H groups in total. The standard InChI is InChI=1S/C18H26ClNO/c1-2-4-16-12-18(8-10-21-16)7-9-20-13-17(18)14-5-3-6-15(19)11-14/h3,5-6,11,16-17,20H,2,4,7-10,12-13H2,1H3. The lowest BCUT2D eigenvalue weighted by Crippen LogP contribution is -2.48. The minimum atomic E-state index is 0.397. The molecule has 0 aromatic heterocycles. The van der Waals surface area contributed by atoms with Crippen LogP contribution in [-0.2, 0) is 4.74 Å². The Labute approximate surface area is 133 Å². The minimum absolute atomic E-state index is 0.397. The minimum Gasteiger partial charge on any atom is -0.378 e. The summed E-state index contributed by atoms with van der Waals surface area (Å²) in [5.74, 6) is 0.563. The second kappa shape index (κ2) is 6.68. The van der Waals surface area contributed by atoms with Crippen LogP contribution in [0.25, 0.3) is 0 Å². The maximum Gasteiger partial charge on any atom is 0.0580 e. The van der Waals surface area contributed by atoms with Crippen LogP contribution in [0.1, 0.15) is 50.5 Å². The highest BCUT2D eigenvalue weighted by atomic mass is 35.5. The zero-order chi connectivity index (χ0) is 14.7. The van der Waals surface area contributed by atoms with Crippen molar-refractivity contribution >= 4 is 11.6 Å². The fourth-order valence-electron chi connectivity index (χ4n) is 4.26. The lowest BCUT2D eigenvalue weighted by atomic mass is 9.62. The molecule has 0 amide bonds. The van der Waals surface area contributed by atoms with E-state index in [1.807, 2.05) is 6.07 Å². The van der Waals surface area contributed by atoms with Crippen LogP contribution in [0.4, 0.5) is 0 Å². The first-order chi connectivity index (χ1) is 10.2. The van der Waals surface area contributed by atoms with Gasteiger partial charge in [0.15, 0.2) is 0 Å². The Kier molecular flexibility index (Phi) is 4.88. The number of ether oxygens (including phenoxy) is 1. The molecule has 0 radical (unpaired) electrons. The van der Waals surface area contributed by atoms with Gasteiger partial charge in [-0.15, -0.1) is 0 Å². The number of benzene rings is 1. The van der Waals surface area contributed by atoms with Crippen molar-refractivity contribution < 1.29 is 4.74 Å². The second-order valence-corrected chi connectivity index (χ2v) is 7.10. The van der Waals surface area contributed by atoms with Crippen molar-refractivity contribution in [2.75, 3.05) is 19.7 Å². The van der Waals surface area contributed by atoms with Crippen LogP contribution < -0.4 is 5.32 Å². The molecule has 0 bridgehead atoms. The molecule has 3 heteroatoms. The van der Waals surface area contributed by atoms with E-state index in [0.29, 0.717) is 17.4 Å². The number of hydrogen-bond donors (Lipinski definition) is 1. The van der Waals surface area contributed by atoms with E-state index in [-0.39, 0.29) is 0 Å². The third-order valence-corrected chi connectivity index (χ3v) is 5.57. The van der Waals surface area contributed by atoms with Gasteiger partial charge in [0.2, 0.25) is 0 Å². The first-order valence-electron chi connectivity index (χ1n) is 8.31. The summed E-state index contributed by atoms with van der Waals surface area (Å²) in [5, 5.41) is 4.44. The summed E-state index contributed by atoms with van der Waals surface area (Å²) in [6, 6.07) is 8.46. The van der Waals surface area contributed by atoms with Crippen molar-refractivity contribution in [3.05, 3.63) is 34.9 Å². The monoisotopic (exact) mass is 307 g/mol. The van der Waals surface area contributed by atoms with Crippen molar-refractivity contribution in [3.8, 4) is 0 Å². The summed E-state index contributed by atoms with van der Waals surface area (Å²) in [5.41, 5.74) is 1.79. The Morgan fingerprint density at radius 2 is 2.29 bits per heavy atom. The molecule has 21 heavy (non-hydrogen) atoms. The average molecular weight is 308 g/mol. The molecule has 2 saturated heterocycles. The zero-order valence-electron chi connectivity index (χ0n) is 12.9. The highest BCUT2D eigenvalue weighted by Crippen LogP contribution is 2.50. The highest BCUT2D eigenvalue weighted by Gasteiger charge is 2.44. The third-order valence-electron chi connectivity index (χ3n) is 5.34. The Bertz CT molecular complexity index is 472. The molecular weight excluding hydrogens is 282 g/mol. The van der Waals surface area contributed by atoms with Crippen LogP contribution in [0.15, 0.2) is 24.3 Å². The summed E-state index contributed by atoms with van der Waals surface area (Å²) < 4.78 is 6.01. The fraction of sp³-hybridized carbons (Fsp3) is 0.667. The summed E-state index contributed by atoms with van der Waals surface area (Å²) in [7, 11) is 0. The Morgan fingerprint density at radius 3 is 3.10 bits per heavy atom.